The molecule has 0 aliphatic carbocycles. The third-order valence-corrected chi connectivity index (χ3v) is 4.68. The second-order valence-corrected chi connectivity index (χ2v) is 6.00. The van der Waals surface area contributed by atoms with Crippen LogP contribution in [-0.2, 0) is 7.05 Å². The molecule has 21 heavy (non-hydrogen) atoms. The first kappa shape index (κ1) is 12.4. The Kier molecular flexibility index (Phi) is 2.86. The van der Waals surface area contributed by atoms with Crippen molar-refractivity contribution in [2.75, 3.05) is 0 Å². The van der Waals surface area contributed by atoms with Crippen LogP contribution in [0.2, 0.25) is 0 Å². The van der Waals surface area contributed by atoms with E-state index in [2.05, 4.69) is 76.6 Å². The van der Waals surface area contributed by atoms with Gasteiger partial charge in [-0.05, 0) is 35.7 Å². The highest BCUT2D eigenvalue weighted by molar-refractivity contribution is 7.13. The fourth-order valence-electron chi connectivity index (χ4n) is 2.68. The van der Waals surface area contributed by atoms with E-state index in [1.807, 2.05) is 6.20 Å². The van der Waals surface area contributed by atoms with Gasteiger partial charge >= 0.3 is 0 Å². The molecule has 3 heteroatoms. The van der Waals surface area contributed by atoms with Gasteiger partial charge in [-0.1, -0.05) is 24.3 Å². The third kappa shape index (κ3) is 2.06. The van der Waals surface area contributed by atoms with Crippen molar-refractivity contribution in [1.82, 2.24) is 9.55 Å². The van der Waals surface area contributed by atoms with Crippen LogP contribution in [0.15, 0.2) is 66.2 Å². The first-order valence-electron chi connectivity index (χ1n) is 6.88. The van der Waals surface area contributed by atoms with Crippen LogP contribution < -0.4 is 0 Å². The van der Waals surface area contributed by atoms with Gasteiger partial charge in [0.15, 0.2) is 0 Å². The molecule has 2 nitrogen and oxygen atoms in total. The largest absolute Gasteiger partial charge is 0.344 e. The molecule has 4 aromatic rings. The minimum Gasteiger partial charge on any atom is -0.344 e. The summed E-state index contributed by atoms with van der Waals surface area (Å²) in [5.41, 5.74) is 4.62. The van der Waals surface area contributed by atoms with Crippen molar-refractivity contribution in [2.45, 2.75) is 0 Å². The molecule has 0 atom stereocenters. The Morgan fingerprint density at radius 1 is 1.00 bits per heavy atom. The Morgan fingerprint density at radius 2 is 1.90 bits per heavy atom. The predicted octanol–water partition coefficient (Wildman–Crippen LogP) is 4.97. The molecule has 0 saturated carbocycles. The van der Waals surface area contributed by atoms with E-state index in [1.54, 1.807) is 11.3 Å². The maximum absolute atomic E-state index is 4.61. The Hall–Kier alpha value is -2.39. The number of pyridine rings is 1. The number of fused-ring (bicyclic) bond motifs is 1. The van der Waals surface area contributed by atoms with Crippen molar-refractivity contribution in [2.24, 2.45) is 7.05 Å². The molecule has 0 amide bonds. The van der Waals surface area contributed by atoms with Crippen molar-refractivity contribution in [3.63, 3.8) is 0 Å². The number of aryl methyl sites for hydroxylation is 1. The average Bonchev–Trinajstić information content (AvgIpc) is 3.17. The standard InChI is InChI=1S/C18H14N2S/c1-20-16-6-3-2-5-13(16)11-17(20)14-8-9-15(19-12-14)18-7-4-10-21-18/h2-12H,1H3. The summed E-state index contributed by atoms with van der Waals surface area (Å²) in [6.45, 7) is 0. The smallest absolute Gasteiger partial charge is 0.0802 e. The Balaban J connectivity index is 1.80. The predicted molar refractivity (Wildman–Crippen MR) is 89.5 cm³/mol. The first-order valence-corrected chi connectivity index (χ1v) is 7.76. The van der Waals surface area contributed by atoms with Gasteiger partial charge in [0.25, 0.3) is 0 Å². The zero-order valence-electron chi connectivity index (χ0n) is 11.7. The fraction of sp³-hybridized carbons (Fsp3) is 0.0556. The SMILES string of the molecule is Cn1c(-c2ccc(-c3cccs3)nc2)cc2ccccc21. The lowest BCUT2D eigenvalue weighted by Crippen LogP contribution is -1.92. The van der Waals surface area contributed by atoms with Gasteiger partial charge in [0, 0.05) is 29.7 Å². The summed E-state index contributed by atoms with van der Waals surface area (Å²) in [4.78, 5) is 5.81. The minimum atomic E-state index is 1.03. The summed E-state index contributed by atoms with van der Waals surface area (Å²) in [5, 5.41) is 3.34. The van der Waals surface area contributed by atoms with Gasteiger partial charge in [-0.3, -0.25) is 4.98 Å². The van der Waals surface area contributed by atoms with Gasteiger partial charge in [0.05, 0.1) is 16.3 Å². The van der Waals surface area contributed by atoms with Crippen LogP contribution in [0.4, 0.5) is 0 Å². The van der Waals surface area contributed by atoms with E-state index in [1.165, 1.54) is 21.5 Å². The van der Waals surface area contributed by atoms with E-state index in [4.69, 9.17) is 0 Å². The van der Waals surface area contributed by atoms with E-state index >= 15 is 0 Å². The number of hydrogen-bond donors (Lipinski definition) is 0. The van der Waals surface area contributed by atoms with E-state index in [0.717, 1.165) is 11.3 Å². The van der Waals surface area contributed by atoms with Crippen LogP contribution in [0.3, 0.4) is 0 Å². The molecule has 0 spiro atoms. The van der Waals surface area contributed by atoms with Gasteiger partial charge < -0.3 is 4.57 Å². The molecular weight excluding hydrogens is 276 g/mol. The highest BCUT2D eigenvalue weighted by atomic mass is 32.1. The van der Waals surface area contributed by atoms with Gasteiger partial charge in [0.2, 0.25) is 0 Å². The first-order chi connectivity index (χ1) is 10.3. The summed E-state index contributed by atoms with van der Waals surface area (Å²) in [6, 6.07) is 19.1. The summed E-state index contributed by atoms with van der Waals surface area (Å²) in [6.07, 6.45) is 1.96. The van der Waals surface area contributed by atoms with Gasteiger partial charge in [0.1, 0.15) is 0 Å². The summed E-state index contributed by atoms with van der Waals surface area (Å²) < 4.78 is 2.22. The molecule has 0 unspecified atom stereocenters. The van der Waals surface area contributed by atoms with Gasteiger partial charge in [-0.2, -0.15) is 0 Å². The molecule has 4 rings (SSSR count). The number of thiophene rings is 1. The highest BCUT2D eigenvalue weighted by Crippen LogP contribution is 2.29. The number of nitrogens with zero attached hydrogens (tertiary/aromatic N) is 2. The number of benzene rings is 1. The number of hydrogen-bond acceptors (Lipinski definition) is 2. The molecule has 0 fully saturated rings. The van der Waals surface area contributed by atoms with E-state index in [9.17, 15) is 0 Å². The van der Waals surface area contributed by atoms with Crippen LogP contribution >= 0.6 is 11.3 Å². The second-order valence-electron chi connectivity index (χ2n) is 5.06. The maximum Gasteiger partial charge on any atom is 0.0802 e. The van der Waals surface area contributed by atoms with Crippen molar-refractivity contribution in [1.29, 1.82) is 0 Å². The van der Waals surface area contributed by atoms with Crippen LogP contribution in [0.5, 0.6) is 0 Å². The molecule has 0 aliphatic heterocycles. The summed E-state index contributed by atoms with van der Waals surface area (Å²) >= 11 is 1.72. The molecule has 0 aliphatic rings. The lowest BCUT2D eigenvalue weighted by atomic mass is 10.2. The van der Waals surface area contributed by atoms with Crippen LogP contribution in [-0.4, -0.2) is 9.55 Å². The van der Waals surface area contributed by atoms with Crippen molar-refractivity contribution >= 4 is 22.2 Å². The molecule has 0 radical (unpaired) electrons. The molecule has 0 bridgehead atoms. The molecular formula is C18H14N2S. The van der Waals surface area contributed by atoms with Gasteiger partial charge in [-0.15, -0.1) is 11.3 Å². The van der Waals surface area contributed by atoms with E-state index in [-0.39, 0.29) is 0 Å². The third-order valence-electron chi connectivity index (χ3n) is 3.78. The Bertz CT molecular complexity index is 887. The van der Waals surface area contributed by atoms with Crippen molar-refractivity contribution < 1.29 is 0 Å². The molecule has 1 aromatic carbocycles. The Morgan fingerprint density at radius 3 is 2.62 bits per heavy atom. The lowest BCUT2D eigenvalue weighted by Gasteiger charge is -2.05. The molecule has 102 valence electrons. The molecule has 3 aromatic heterocycles. The number of rotatable bonds is 2. The zero-order chi connectivity index (χ0) is 14.2. The zero-order valence-corrected chi connectivity index (χ0v) is 12.5. The highest BCUT2D eigenvalue weighted by Gasteiger charge is 2.08. The van der Waals surface area contributed by atoms with Crippen LogP contribution in [0, 0.1) is 0 Å². The topological polar surface area (TPSA) is 17.8 Å². The average molecular weight is 290 g/mol. The summed E-state index contributed by atoms with van der Waals surface area (Å²) in [7, 11) is 2.10. The second kappa shape index (κ2) is 4.86. The van der Waals surface area contributed by atoms with Crippen molar-refractivity contribution in [3.05, 3.63) is 66.2 Å². The molecule has 0 saturated heterocycles. The fourth-order valence-corrected chi connectivity index (χ4v) is 3.38. The normalized spacial score (nSPS) is 11.1. The number of aromatic nitrogens is 2. The lowest BCUT2D eigenvalue weighted by molar-refractivity contribution is 0.977. The minimum absolute atomic E-state index is 1.03. The van der Waals surface area contributed by atoms with Crippen LogP contribution in [0.1, 0.15) is 0 Å². The quantitative estimate of drug-likeness (QED) is 0.509. The molecule has 0 N–H and O–H groups in total. The van der Waals surface area contributed by atoms with Crippen molar-refractivity contribution in [3.8, 4) is 21.8 Å². The number of para-hydroxylation sites is 1. The Labute approximate surface area is 127 Å². The van der Waals surface area contributed by atoms with E-state index < -0.39 is 0 Å². The van der Waals surface area contributed by atoms with Crippen LogP contribution in [0.25, 0.3) is 32.7 Å². The molecule has 3 heterocycles. The van der Waals surface area contributed by atoms with Gasteiger partial charge in [-0.25, -0.2) is 0 Å². The summed E-state index contributed by atoms with van der Waals surface area (Å²) in [5.74, 6) is 0. The van der Waals surface area contributed by atoms with E-state index in [0.29, 0.717) is 0 Å². The monoisotopic (exact) mass is 290 g/mol. The maximum atomic E-state index is 4.61.